The second kappa shape index (κ2) is 12.8. The van der Waals surface area contributed by atoms with E-state index >= 15 is 0 Å². The van der Waals surface area contributed by atoms with E-state index in [9.17, 15) is 9.59 Å². The topological polar surface area (TPSA) is 210 Å². The Balaban J connectivity index is 0.000000142. The van der Waals surface area contributed by atoms with Crippen molar-refractivity contribution in [3.8, 4) is 0 Å². The zero-order valence-corrected chi connectivity index (χ0v) is 23.4. The molecule has 0 bridgehead atoms. The lowest BCUT2D eigenvalue weighted by atomic mass is 9.98. The van der Waals surface area contributed by atoms with Gasteiger partial charge in [-0.2, -0.15) is 25.1 Å². The van der Waals surface area contributed by atoms with Gasteiger partial charge in [0.1, 0.15) is 11.6 Å². The summed E-state index contributed by atoms with van der Waals surface area (Å²) in [6.07, 6.45) is 12.0. The van der Waals surface area contributed by atoms with Crippen molar-refractivity contribution in [2.75, 3.05) is 11.5 Å². The molecule has 13 heteroatoms. The Morgan fingerprint density at radius 1 is 0.773 bits per heavy atom. The Morgan fingerprint density at radius 2 is 1.36 bits per heavy atom. The molecule has 4 heterocycles. The van der Waals surface area contributed by atoms with Crippen molar-refractivity contribution in [1.29, 1.82) is 0 Å². The first-order chi connectivity index (χ1) is 20.9. The third kappa shape index (κ3) is 5.76. The maximum absolute atomic E-state index is 12.8. The molecule has 8 N–H and O–H groups in total. The Labute approximate surface area is 253 Å². The van der Waals surface area contributed by atoms with Crippen LogP contribution in [0.15, 0.2) is 48.8 Å². The molecule has 0 unspecified atom stereocenters. The number of aromatic nitrogens is 8. The highest BCUT2D eigenvalue weighted by Crippen LogP contribution is 2.27. The molecule has 2 aromatic carbocycles. The van der Waals surface area contributed by atoms with Crippen molar-refractivity contribution in [3.63, 3.8) is 0 Å². The van der Waals surface area contributed by atoms with Gasteiger partial charge < -0.3 is 16.6 Å². The summed E-state index contributed by atoms with van der Waals surface area (Å²) in [6.45, 7) is 0. The average molecular weight is 597 g/mol. The lowest BCUT2D eigenvalue weighted by Crippen LogP contribution is -2.16. The van der Waals surface area contributed by atoms with Crippen LogP contribution in [0.25, 0.3) is 21.8 Å². The first-order valence-corrected chi connectivity index (χ1v) is 14.2. The fraction of sp³-hybridized carbons (Fsp3) is 0.290. The third-order valence-corrected chi connectivity index (χ3v) is 7.91. The fourth-order valence-electron chi connectivity index (χ4n) is 5.66. The quantitative estimate of drug-likeness (QED) is 0.164. The standard InChI is InChI=1S/C15H15N5O.C8H6N2O2.C7H11N3.CH4/c16-14-10-4-1-2-6-13(10)19-20(14)15(21)9-5-3-7-12-11(9)8-17-18-12;11-8(12)5-2-1-3-7-6(5)4-9-10-7;8-7-5-3-1-2-4-6(5)9-10-7;/h3,5,7-8H,1-2,4,6,16H2,(H,17,18);1-4H,(H,9,10)(H,11,12);1-4H2,(H3,8,9,10);1H4. The molecule has 0 saturated heterocycles. The molecule has 44 heavy (non-hydrogen) atoms. The summed E-state index contributed by atoms with van der Waals surface area (Å²) in [4.78, 5) is 23.4. The highest BCUT2D eigenvalue weighted by molar-refractivity contribution is 6.07. The van der Waals surface area contributed by atoms with Gasteiger partial charge in [0.25, 0.3) is 5.91 Å². The summed E-state index contributed by atoms with van der Waals surface area (Å²) >= 11 is 0. The molecular formula is C31H36N10O3. The molecule has 0 aliphatic heterocycles. The smallest absolute Gasteiger partial charge is 0.336 e. The zero-order chi connectivity index (χ0) is 29.9. The second-order valence-corrected chi connectivity index (χ2v) is 10.6. The van der Waals surface area contributed by atoms with E-state index in [0.29, 0.717) is 22.6 Å². The molecule has 228 valence electrons. The molecule has 8 rings (SSSR count). The van der Waals surface area contributed by atoms with Crippen LogP contribution < -0.4 is 11.5 Å². The molecule has 6 aromatic rings. The number of nitrogens with zero attached hydrogens (tertiary/aromatic N) is 5. The molecule has 0 fully saturated rings. The number of hydrogen-bond acceptors (Lipinski definition) is 8. The van der Waals surface area contributed by atoms with Crippen molar-refractivity contribution < 1.29 is 14.7 Å². The van der Waals surface area contributed by atoms with Gasteiger partial charge in [0.2, 0.25) is 0 Å². The predicted octanol–water partition coefficient (Wildman–Crippen LogP) is 4.68. The van der Waals surface area contributed by atoms with Crippen LogP contribution >= 0.6 is 0 Å². The van der Waals surface area contributed by atoms with Crippen LogP contribution in [0.4, 0.5) is 11.6 Å². The van der Waals surface area contributed by atoms with Gasteiger partial charge in [0.05, 0.1) is 40.2 Å². The number of carbonyl (C=O) groups excluding carboxylic acids is 1. The van der Waals surface area contributed by atoms with E-state index in [1.807, 2.05) is 12.1 Å². The number of hydrogen-bond donors (Lipinski definition) is 6. The highest BCUT2D eigenvalue weighted by Gasteiger charge is 2.23. The van der Waals surface area contributed by atoms with Crippen LogP contribution in [0.2, 0.25) is 0 Å². The molecule has 2 aliphatic rings. The first kappa shape index (κ1) is 30.0. The van der Waals surface area contributed by atoms with Crippen LogP contribution in [0.1, 0.15) is 76.3 Å². The number of carboxylic acid groups (broad SMARTS) is 1. The van der Waals surface area contributed by atoms with E-state index in [1.165, 1.54) is 35.0 Å². The van der Waals surface area contributed by atoms with Gasteiger partial charge >= 0.3 is 5.97 Å². The van der Waals surface area contributed by atoms with Gasteiger partial charge in [-0.3, -0.25) is 20.1 Å². The number of fused-ring (bicyclic) bond motifs is 4. The van der Waals surface area contributed by atoms with Crippen LogP contribution in [0.5, 0.6) is 0 Å². The maximum atomic E-state index is 12.8. The van der Waals surface area contributed by atoms with E-state index in [-0.39, 0.29) is 18.9 Å². The van der Waals surface area contributed by atoms with Gasteiger partial charge in [-0.1, -0.05) is 19.6 Å². The Kier molecular flexibility index (Phi) is 8.74. The number of H-pyrrole nitrogens is 3. The van der Waals surface area contributed by atoms with E-state index < -0.39 is 5.97 Å². The van der Waals surface area contributed by atoms with E-state index in [4.69, 9.17) is 16.6 Å². The third-order valence-electron chi connectivity index (χ3n) is 7.91. The number of anilines is 2. The lowest BCUT2D eigenvalue weighted by molar-refractivity contribution is 0.0698. The lowest BCUT2D eigenvalue weighted by Gasteiger charge is -2.08. The number of carboxylic acids is 1. The van der Waals surface area contributed by atoms with Gasteiger partial charge in [-0.05, 0) is 75.6 Å². The summed E-state index contributed by atoms with van der Waals surface area (Å²) in [5.41, 5.74) is 18.7. The van der Waals surface area contributed by atoms with Gasteiger partial charge in [0, 0.05) is 27.6 Å². The molecule has 0 amide bonds. The van der Waals surface area contributed by atoms with Crippen LogP contribution in [-0.4, -0.2) is 57.4 Å². The van der Waals surface area contributed by atoms with Crippen LogP contribution in [-0.2, 0) is 25.7 Å². The van der Waals surface area contributed by atoms with E-state index in [0.717, 1.165) is 66.2 Å². The number of nitrogens with two attached hydrogens (primary N) is 2. The molecule has 13 nitrogen and oxygen atoms in total. The maximum Gasteiger partial charge on any atom is 0.336 e. The van der Waals surface area contributed by atoms with Gasteiger partial charge in [0.15, 0.2) is 0 Å². The predicted molar refractivity (Wildman–Crippen MR) is 169 cm³/mol. The normalized spacial score (nSPS) is 13.5. The number of rotatable bonds is 2. The first-order valence-electron chi connectivity index (χ1n) is 14.2. The number of benzene rings is 2. The Morgan fingerprint density at radius 3 is 2.00 bits per heavy atom. The van der Waals surface area contributed by atoms with E-state index in [2.05, 4.69) is 35.7 Å². The minimum absolute atomic E-state index is 0. The Bertz CT molecular complexity index is 1930. The number of nitrogen functional groups attached to an aromatic ring is 2. The highest BCUT2D eigenvalue weighted by atomic mass is 16.4. The number of carbonyl (C=O) groups is 2. The summed E-state index contributed by atoms with van der Waals surface area (Å²) in [5.74, 6) is 0.0563. The summed E-state index contributed by atoms with van der Waals surface area (Å²) in [7, 11) is 0. The van der Waals surface area contributed by atoms with Crippen LogP contribution in [0, 0.1) is 0 Å². The largest absolute Gasteiger partial charge is 0.478 e. The number of nitrogens with one attached hydrogen (secondary N) is 3. The molecule has 4 aromatic heterocycles. The number of aromatic amines is 3. The number of aromatic carboxylic acids is 1. The Hall–Kier alpha value is -5.46. The van der Waals surface area contributed by atoms with Crippen molar-refractivity contribution in [3.05, 3.63) is 82.4 Å². The minimum atomic E-state index is -0.929. The molecule has 2 aliphatic carbocycles. The SMILES string of the molecule is C.Nc1c2c(nn1C(=O)c1cccc3[nH]ncc13)CCCC2.Nc1n[nH]c2c1CCCC2.O=C(O)c1cccc2[nH]ncc12. The minimum Gasteiger partial charge on any atom is -0.478 e. The van der Waals surface area contributed by atoms with Crippen LogP contribution in [0.3, 0.4) is 0 Å². The molecular weight excluding hydrogens is 560 g/mol. The molecule has 0 saturated carbocycles. The van der Waals surface area contributed by atoms with Crippen molar-refractivity contribution in [2.24, 2.45) is 0 Å². The fourth-order valence-corrected chi connectivity index (χ4v) is 5.66. The van der Waals surface area contributed by atoms with Crippen molar-refractivity contribution in [1.82, 2.24) is 40.4 Å². The summed E-state index contributed by atoms with van der Waals surface area (Å²) in [6, 6.07) is 10.5. The monoisotopic (exact) mass is 596 g/mol. The molecule has 0 atom stereocenters. The van der Waals surface area contributed by atoms with E-state index in [1.54, 1.807) is 30.5 Å². The summed E-state index contributed by atoms with van der Waals surface area (Å²) in [5, 5.41) is 34.8. The van der Waals surface area contributed by atoms with Gasteiger partial charge in [-0.25, -0.2) is 4.79 Å². The summed E-state index contributed by atoms with van der Waals surface area (Å²) < 4.78 is 1.34. The van der Waals surface area contributed by atoms with Crippen molar-refractivity contribution >= 4 is 45.3 Å². The van der Waals surface area contributed by atoms with Crippen molar-refractivity contribution in [2.45, 2.75) is 58.8 Å². The zero-order valence-electron chi connectivity index (χ0n) is 23.4. The second-order valence-electron chi connectivity index (χ2n) is 10.6. The van der Waals surface area contributed by atoms with Gasteiger partial charge in [-0.15, -0.1) is 0 Å². The average Bonchev–Trinajstić information content (AvgIpc) is 3.84. The molecule has 0 spiro atoms. The number of aryl methyl sites for hydroxylation is 2. The molecule has 0 radical (unpaired) electrons.